The number of aliphatic imine (C=N–C) groups is 1. The van der Waals surface area contributed by atoms with E-state index in [4.69, 9.17) is 9.26 Å². The molecule has 2 N–H and O–H groups in total. The van der Waals surface area contributed by atoms with Gasteiger partial charge in [-0.25, -0.2) is 4.99 Å². The summed E-state index contributed by atoms with van der Waals surface area (Å²) in [6.45, 7) is 7.13. The van der Waals surface area contributed by atoms with Crippen LogP contribution in [0.25, 0.3) is 0 Å². The van der Waals surface area contributed by atoms with E-state index < -0.39 is 0 Å². The van der Waals surface area contributed by atoms with Crippen molar-refractivity contribution in [1.29, 1.82) is 0 Å². The van der Waals surface area contributed by atoms with Crippen molar-refractivity contribution in [2.75, 3.05) is 19.7 Å². The molecule has 1 aromatic rings. The lowest BCUT2D eigenvalue weighted by Gasteiger charge is -2.22. The first kappa shape index (κ1) is 22.2. The molecule has 0 saturated heterocycles. The summed E-state index contributed by atoms with van der Waals surface area (Å²) in [5.74, 6) is 1.61. The summed E-state index contributed by atoms with van der Waals surface area (Å²) in [6, 6.07) is 1.96. The van der Waals surface area contributed by atoms with Crippen LogP contribution in [-0.2, 0) is 17.7 Å². The van der Waals surface area contributed by atoms with Gasteiger partial charge in [0.2, 0.25) is 0 Å². The topological polar surface area (TPSA) is 71.7 Å². The van der Waals surface area contributed by atoms with Gasteiger partial charge in [-0.15, -0.1) is 24.0 Å². The average Bonchev–Trinajstić information content (AvgIpc) is 3.08. The molecule has 1 fully saturated rings. The third kappa shape index (κ3) is 8.89. The van der Waals surface area contributed by atoms with Crippen LogP contribution in [0.4, 0.5) is 0 Å². The Balaban J connectivity index is 0.00000312. The number of aryl methyl sites for hydroxylation is 1. The summed E-state index contributed by atoms with van der Waals surface area (Å²) in [4.78, 5) is 4.54. The molecule has 1 aliphatic rings. The lowest BCUT2D eigenvalue weighted by molar-refractivity contribution is 0.0277. The summed E-state index contributed by atoms with van der Waals surface area (Å²) in [7, 11) is 0. The van der Waals surface area contributed by atoms with E-state index in [1.165, 1.54) is 32.1 Å². The minimum atomic E-state index is 0. The molecule has 1 aliphatic carbocycles. The maximum Gasteiger partial charge on any atom is 0.191 e. The van der Waals surface area contributed by atoms with E-state index in [0.717, 1.165) is 50.0 Å². The van der Waals surface area contributed by atoms with Gasteiger partial charge in [0.05, 0.1) is 11.8 Å². The lowest BCUT2D eigenvalue weighted by Crippen LogP contribution is -2.38. The van der Waals surface area contributed by atoms with Crippen molar-refractivity contribution >= 4 is 29.9 Å². The molecule has 1 aromatic heterocycles. The van der Waals surface area contributed by atoms with Gasteiger partial charge in [-0.2, -0.15) is 0 Å². The summed E-state index contributed by atoms with van der Waals surface area (Å²) in [6.07, 6.45) is 8.83. The molecule has 6 nitrogen and oxygen atoms in total. The molecule has 0 aliphatic heterocycles. The quantitative estimate of drug-likeness (QED) is 0.253. The molecule has 0 atom stereocenters. The molecule has 0 radical (unpaired) electrons. The molecule has 0 amide bonds. The third-order valence-electron chi connectivity index (χ3n) is 4.23. The Morgan fingerprint density at radius 2 is 2.08 bits per heavy atom. The molecular weight excluding hydrogens is 431 g/mol. The summed E-state index contributed by atoms with van der Waals surface area (Å²) < 4.78 is 11.2. The van der Waals surface area contributed by atoms with Gasteiger partial charge in [0, 0.05) is 25.8 Å². The molecular formula is C18H33IN4O2. The molecule has 0 bridgehead atoms. The molecule has 0 aromatic carbocycles. The van der Waals surface area contributed by atoms with Gasteiger partial charge in [0.15, 0.2) is 11.7 Å². The fraction of sp³-hybridized carbons (Fsp3) is 0.778. The number of aromatic nitrogens is 1. The van der Waals surface area contributed by atoms with E-state index in [0.29, 0.717) is 12.6 Å². The molecule has 0 unspecified atom stereocenters. The second-order valence-corrected chi connectivity index (χ2v) is 6.24. The van der Waals surface area contributed by atoms with Gasteiger partial charge in [0.1, 0.15) is 6.54 Å². The Kier molecular flexibility index (Phi) is 11.9. The normalized spacial score (nSPS) is 15.7. The Morgan fingerprint density at radius 1 is 1.28 bits per heavy atom. The number of nitrogens with one attached hydrogen (secondary N) is 2. The molecule has 25 heavy (non-hydrogen) atoms. The van der Waals surface area contributed by atoms with Crippen LogP contribution >= 0.6 is 24.0 Å². The zero-order valence-electron chi connectivity index (χ0n) is 15.6. The van der Waals surface area contributed by atoms with Gasteiger partial charge in [-0.05, 0) is 32.6 Å². The number of nitrogens with zero attached hydrogens (tertiary/aromatic N) is 2. The second-order valence-electron chi connectivity index (χ2n) is 6.24. The zero-order chi connectivity index (χ0) is 17.0. The number of rotatable bonds is 9. The number of hydrogen-bond donors (Lipinski definition) is 2. The first-order chi connectivity index (χ1) is 11.8. The van der Waals surface area contributed by atoms with E-state index in [2.05, 4.69) is 34.6 Å². The van der Waals surface area contributed by atoms with Crippen molar-refractivity contribution in [2.45, 2.75) is 71.4 Å². The monoisotopic (exact) mass is 464 g/mol. The predicted molar refractivity (Wildman–Crippen MR) is 112 cm³/mol. The number of ether oxygens (including phenoxy) is 1. The Morgan fingerprint density at radius 3 is 2.76 bits per heavy atom. The average molecular weight is 464 g/mol. The Labute approximate surface area is 168 Å². The number of guanidine groups is 1. The Hall–Kier alpha value is -0.830. The van der Waals surface area contributed by atoms with Crippen LogP contribution in [0.1, 0.15) is 63.8 Å². The van der Waals surface area contributed by atoms with Crippen molar-refractivity contribution in [3.05, 3.63) is 17.5 Å². The first-order valence-corrected chi connectivity index (χ1v) is 9.40. The zero-order valence-corrected chi connectivity index (χ0v) is 17.9. The van der Waals surface area contributed by atoms with E-state index in [9.17, 15) is 0 Å². The summed E-state index contributed by atoms with van der Waals surface area (Å²) in [5.41, 5.74) is 0.970. The van der Waals surface area contributed by atoms with Crippen LogP contribution in [0.5, 0.6) is 0 Å². The van der Waals surface area contributed by atoms with Crippen LogP contribution in [0.15, 0.2) is 15.6 Å². The molecule has 0 spiro atoms. The van der Waals surface area contributed by atoms with E-state index in [1.807, 2.05) is 6.07 Å². The highest BCUT2D eigenvalue weighted by molar-refractivity contribution is 14.0. The van der Waals surface area contributed by atoms with Crippen molar-refractivity contribution in [3.8, 4) is 0 Å². The minimum absolute atomic E-state index is 0. The van der Waals surface area contributed by atoms with Crippen LogP contribution in [0.2, 0.25) is 0 Å². The Bertz CT molecular complexity index is 487. The maximum absolute atomic E-state index is 5.95. The molecule has 7 heteroatoms. The first-order valence-electron chi connectivity index (χ1n) is 9.40. The molecule has 1 heterocycles. The highest BCUT2D eigenvalue weighted by atomic mass is 127. The maximum atomic E-state index is 5.95. The molecule has 2 rings (SSSR count). The van der Waals surface area contributed by atoms with Crippen LogP contribution < -0.4 is 10.6 Å². The second kappa shape index (κ2) is 13.4. The van der Waals surface area contributed by atoms with Crippen molar-refractivity contribution in [3.63, 3.8) is 0 Å². The van der Waals surface area contributed by atoms with E-state index in [1.54, 1.807) is 0 Å². The van der Waals surface area contributed by atoms with Gasteiger partial charge >= 0.3 is 0 Å². The van der Waals surface area contributed by atoms with Gasteiger partial charge < -0.3 is 19.9 Å². The highest BCUT2D eigenvalue weighted by Crippen LogP contribution is 2.20. The van der Waals surface area contributed by atoms with Crippen LogP contribution in [0, 0.1) is 0 Å². The number of hydrogen-bond acceptors (Lipinski definition) is 4. The third-order valence-corrected chi connectivity index (χ3v) is 4.23. The fourth-order valence-corrected chi connectivity index (χ4v) is 2.86. The number of halogens is 1. The van der Waals surface area contributed by atoms with Crippen molar-refractivity contribution < 1.29 is 9.26 Å². The fourth-order valence-electron chi connectivity index (χ4n) is 2.86. The van der Waals surface area contributed by atoms with Crippen LogP contribution in [0.3, 0.4) is 0 Å². The smallest absolute Gasteiger partial charge is 0.191 e. The SMILES string of the molecule is CCNC(=NCc1cc(CC)no1)NCCCOC1CCCCC1.I. The van der Waals surface area contributed by atoms with Gasteiger partial charge in [0.25, 0.3) is 0 Å². The van der Waals surface area contributed by atoms with E-state index in [-0.39, 0.29) is 24.0 Å². The summed E-state index contributed by atoms with van der Waals surface area (Å²) >= 11 is 0. The standard InChI is InChI=1S/C18H32N4O2.HI/c1-3-15-13-17(24-22-15)14-21-18(19-4-2)20-11-8-12-23-16-9-6-5-7-10-16;/h13,16H,3-12,14H2,1-2H3,(H2,19,20,21);1H. The van der Waals surface area contributed by atoms with Gasteiger partial charge in [-0.1, -0.05) is 31.3 Å². The molecule has 144 valence electrons. The predicted octanol–water partition coefficient (Wildman–Crippen LogP) is 3.65. The van der Waals surface area contributed by atoms with Gasteiger partial charge in [-0.3, -0.25) is 0 Å². The van der Waals surface area contributed by atoms with Crippen molar-refractivity contribution in [2.24, 2.45) is 4.99 Å². The largest absolute Gasteiger partial charge is 0.378 e. The summed E-state index contributed by atoms with van der Waals surface area (Å²) in [5, 5.41) is 10.6. The molecule has 1 saturated carbocycles. The highest BCUT2D eigenvalue weighted by Gasteiger charge is 2.13. The lowest BCUT2D eigenvalue weighted by atomic mass is 9.98. The minimum Gasteiger partial charge on any atom is -0.378 e. The van der Waals surface area contributed by atoms with Crippen LogP contribution in [-0.4, -0.2) is 36.9 Å². The van der Waals surface area contributed by atoms with Crippen molar-refractivity contribution in [1.82, 2.24) is 15.8 Å². The van der Waals surface area contributed by atoms with E-state index >= 15 is 0 Å².